The zero-order valence-corrected chi connectivity index (χ0v) is 10.6. The first-order chi connectivity index (χ1) is 9.16. The molecular formula is C13H14N2O4. The number of nitrogens with zero attached hydrogens (tertiary/aromatic N) is 2. The summed E-state index contributed by atoms with van der Waals surface area (Å²) in [6.45, 7) is 2.03. The fourth-order valence-electron chi connectivity index (χ4n) is 2.18. The van der Waals surface area contributed by atoms with Crippen LogP contribution in [0.2, 0.25) is 0 Å². The van der Waals surface area contributed by atoms with Crippen molar-refractivity contribution < 1.29 is 19.1 Å². The SMILES string of the molecule is CN1CCN(c2ccc3c(c2)OCCO3)C(=O)C1=O. The summed E-state index contributed by atoms with van der Waals surface area (Å²) >= 11 is 0. The quantitative estimate of drug-likeness (QED) is 0.681. The molecule has 0 saturated carbocycles. The number of carbonyl (C=O) groups is 2. The van der Waals surface area contributed by atoms with E-state index in [0.717, 1.165) is 0 Å². The number of anilines is 1. The van der Waals surface area contributed by atoms with Gasteiger partial charge in [-0.3, -0.25) is 9.59 Å². The van der Waals surface area contributed by atoms with Crippen LogP contribution in [0.25, 0.3) is 0 Å². The van der Waals surface area contributed by atoms with E-state index in [2.05, 4.69) is 0 Å². The fourth-order valence-corrected chi connectivity index (χ4v) is 2.18. The molecule has 100 valence electrons. The average molecular weight is 262 g/mol. The smallest absolute Gasteiger partial charge is 0.316 e. The minimum Gasteiger partial charge on any atom is -0.486 e. The van der Waals surface area contributed by atoms with Gasteiger partial charge in [-0.15, -0.1) is 0 Å². The van der Waals surface area contributed by atoms with Crippen molar-refractivity contribution in [2.45, 2.75) is 0 Å². The van der Waals surface area contributed by atoms with E-state index in [1.165, 1.54) is 9.80 Å². The van der Waals surface area contributed by atoms with Gasteiger partial charge in [0.2, 0.25) is 0 Å². The molecule has 19 heavy (non-hydrogen) atoms. The standard InChI is InChI=1S/C13H14N2O4/c1-14-4-5-15(13(17)12(14)16)9-2-3-10-11(8-9)19-7-6-18-10/h2-3,8H,4-7H2,1H3. The van der Waals surface area contributed by atoms with E-state index in [1.54, 1.807) is 25.2 Å². The fraction of sp³-hybridized carbons (Fsp3) is 0.385. The lowest BCUT2D eigenvalue weighted by atomic mass is 10.2. The number of rotatable bonds is 1. The van der Waals surface area contributed by atoms with Gasteiger partial charge in [-0.25, -0.2) is 0 Å². The number of ether oxygens (including phenoxy) is 2. The van der Waals surface area contributed by atoms with Gasteiger partial charge in [0, 0.05) is 31.9 Å². The third-order valence-corrected chi connectivity index (χ3v) is 3.27. The Labute approximate surface area is 110 Å². The summed E-state index contributed by atoms with van der Waals surface area (Å²) in [5.74, 6) is 0.289. The Morgan fingerprint density at radius 2 is 1.74 bits per heavy atom. The molecule has 0 aromatic heterocycles. The van der Waals surface area contributed by atoms with Crippen LogP contribution in [0.3, 0.4) is 0 Å². The topological polar surface area (TPSA) is 59.1 Å². The van der Waals surface area contributed by atoms with Crippen LogP contribution in [-0.4, -0.2) is 50.1 Å². The van der Waals surface area contributed by atoms with Gasteiger partial charge in [0.05, 0.1) is 0 Å². The van der Waals surface area contributed by atoms with E-state index >= 15 is 0 Å². The monoisotopic (exact) mass is 262 g/mol. The molecule has 0 aliphatic carbocycles. The molecule has 1 saturated heterocycles. The first-order valence-corrected chi connectivity index (χ1v) is 6.13. The number of amides is 2. The molecule has 0 N–H and O–H groups in total. The summed E-state index contributed by atoms with van der Waals surface area (Å²) in [5, 5.41) is 0. The van der Waals surface area contributed by atoms with Crippen molar-refractivity contribution in [3.05, 3.63) is 18.2 Å². The summed E-state index contributed by atoms with van der Waals surface area (Å²) in [4.78, 5) is 26.5. The maximum atomic E-state index is 12.0. The second-order valence-corrected chi connectivity index (χ2v) is 4.51. The Balaban J connectivity index is 1.90. The molecule has 1 aromatic carbocycles. The zero-order valence-electron chi connectivity index (χ0n) is 10.6. The second kappa shape index (κ2) is 4.46. The van der Waals surface area contributed by atoms with Crippen LogP contribution in [0.4, 0.5) is 5.69 Å². The van der Waals surface area contributed by atoms with Crippen molar-refractivity contribution in [3.63, 3.8) is 0 Å². The maximum Gasteiger partial charge on any atom is 0.316 e. The largest absolute Gasteiger partial charge is 0.486 e. The Kier molecular flexibility index (Phi) is 2.77. The van der Waals surface area contributed by atoms with Gasteiger partial charge in [0.25, 0.3) is 0 Å². The Bertz CT molecular complexity index is 543. The highest BCUT2D eigenvalue weighted by Gasteiger charge is 2.31. The summed E-state index contributed by atoms with van der Waals surface area (Å²) in [7, 11) is 1.63. The van der Waals surface area contributed by atoms with Crippen molar-refractivity contribution in [2.75, 3.05) is 38.3 Å². The summed E-state index contributed by atoms with van der Waals surface area (Å²) in [6, 6.07) is 5.27. The molecule has 3 rings (SSSR count). The van der Waals surface area contributed by atoms with Crippen molar-refractivity contribution in [3.8, 4) is 11.5 Å². The average Bonchev–Trinajstić information content (AvgIpc) is 2.44. The predicted molar refractivity (Wildman–Crippen MR) is 67.4 cm³/mol. The third kappa shape index (κ3) is 1.99. The number of benzene rings is 1. The van der Waals surface area contributed by atoms with Gasteiger partial charge in [-0.05, 0) is 12.1 Å². The van der Waals surface area contributed by atoms with E-state index in [9.17, 15) is 9.59 Å². The third-order valence-electron chi connectivity index (χ3n) is 3.27. The highest BCUT2D eigenvalue weighted by atomic mass is 16.6. The lowest BCUT2D eigenvalue weighted by Gasteiger charge is -2.32. The van der Waals surface area contributed by atoms with Crippen LogP contribution < -0.4 is 14.4 Å². The Morgan fingerprint density at radius 1 is 1.00 bits per heavy atom. The Hall–Kier alpha value is -2.24. The zero-order chi connectivity index (χ0) is 13.4. The minimum atomic E-state index is -0.509. The summed E-state index contributed by atoms with van der Waals surface area (Å²) < 4.78 is 10.9. The molecule has 0 atom stereocenters. The number of likely N-dealkylation sites (N-methyl/N-ethyl adjacent to an activating group) is 1. The molecule has 0 spiro atoms. The van der Waals surface area contributed by atoms with Gasteiger partial charge in [0.15, 0.2) is 11.5 Å². The van der Waals surface area contributed by atoms with Crippen molar-refractivity contribution in [2.24, 2.45) is 0 Å². The molecule has 2 aliphatic heterocycles. The molecule has 1 aromatic rings. The molecule has 0 radical (unpaired) electrons. The summed E-state index contributed by atoms with van der Waals surface area (Å²) in [5.41, 5.74) is 0.663. The number of hydrogen-bond donors (Lipinski definition) is 0. The molecule has 6 heteroatoms. The molecule has 6 nitrogen and oxygen atoms in total. The van der Waals surface area contributed by atoms with Crippen LogP contribution in [0, 0.1) is 0 Å². The highest BCUT2D eigenvalue weighted by Crippen LogP contribution is 2.34. The highest BCUT2D eigenvalue weighted by molar-refractivity contribution is 6.40. The second-order valence-electron chi connectivity index (χ2n) is 4.51. The van der Waals surface area contributed by atoms with Crippen molar-refractivity contribution in [1.29, 1.82) is 0 Å². The lowest BCUT2D eigenvalue weighted by molar-refractivity contribution is -0.145. The number of fused-ring (bicyclic) bond motifs is 1. The minimum absolute atomic E-state index is 0.485. The van der Waals surface area contributed by atoms with E-state index in [1.807, 2.05) is 0 Å². The van der Waals surface area contributed by atoms with Gasteiger partial charge in [-0.1, -0.05) is 0 Å². The molecule has 2 amide bonds. The first-order valence-electron chi connectivity index (χ1n) is 6.13. The summed E-state index contributed by atoms with van der Waals surface area (Å²) in [6.07, 6.45) is 0. The van der Waals surface area contributed by atoms with E-state index in [4.69, 9.17) is 9.47 Å². The molecule has 0 unspecified atom stereocenters. The number of carbonyl (C=O) groups excluding carboxylic acids is 2. The van der Waals surface area contributed by atoms with Crippen molar-refractivity contribution in [1.82, 2.24) is 4.90 Å². The molecule has 2 aliphatic rings. The molecule has 1 fully saturated rings. The maximum absolute atomic E-state index is 12.0. The Morgan fingerprint density at radius 3 is 2.53 bits per heavy atom. The van der Waals surface area contributed by atoms with Crippen molar-refractivity contribution >= 4 is 17.5 Å². The van der Waals surface area contributed by atoms with Gasteiger partial charge >= 0.3 is 11.8 Å². The van der Waals surface area contributed by atoms with Crippen LogP contribution in [0.5, 0.6) is 11.5 Å². The number of piperazine rings is 1. The lowest BCUT2D eigenvalue weighted by Crippen LogP contribution is -2.53. The van der Waals surface area contributed by atoms with Gasteiger partial charge < -0.3 is 19.3 Å². The van der Waals surface area contributed by atoms with E-state index in [-0.39, 0.29) is 0 Å². The van der Waals surface area contributed by atoms with Crippen LogP contribution in [0.1, 0.15) is 0 Å². The van der Waals surface area contributed by atoms with E-state index in [0.29, 0.717) is 43.5 Å². The molecule has 2 heterocycles. The van der Waals surface area contributed by atoms with E-state index < -0.39 is 11.8 Å². The van der Waals surface area contributed by atoms with Gasteiger partial charge in [0.1, 0.15) is 13.2 Å². The van der Waals surface area contributed by atoms with Crippen LogP contribution in [0.15, 0.2) is 18.2 Å². The molecule has 0 bridgehead atoms. The molecular weight excluding hydrogens is 248 g/mol. The number of hydrogen-bond acceptors (Lipinski definition) is 4. The predicted octanol–water partition coefficient (Wildman–Crippen LogP) is 0.263. The van der Waals surface area contributed by atoms with Gasteiger partial charge in [-0.2, -0.15) is 0 Å². The van der Waals surface area contributed by atoms with Crippen LogP contribution in [-0.2, 0) is 9.59 Å². The first kappa shape index (κ1) is 11.8. The normalized spacial score (nSPS) is 18.8. The van der Waals surface area contributed by atoms with Crippen LogP contribution >= 0.6 is 0 Å².